The monoisotopic (exact) mass is 325 g/mol. The molecule has 1 aromatic carbocycles. The molecule has 3 aromatic rings. The van der Waals surface area contributed by atoms with Gasteiger partial charge in [0, 0.05) is 11.6 Å². The van der Waals surface area contributed by atoms with Crippen molar-refractivity contribution >= 4 is 44.0 Å². The number of pyridine rings is 1. The molecule has 0 radical (unpaired) electrons. The van der Waals surface area contributed by atoms with Crippen molar-refractivity contribution in [2.45, 2.75) is 4.21 Å². The van der Waals surface area contributed by atoms with Crippen molar-refractivity contribution in [3.05, 3.63) is 53.0 Å². The molecule has 0 aliphatic carbocycles. The summed E-state index contributed by atoms with van der Waals surface area (Å²) in [6.07, 6.45) is 1.59. The average molecular weight is 326 g/mol. The Hall–Kier alpha value is -1.63. The fourth-order valence-corrected chi connectivity index (χ4v) is 4.12. The third-order valence-electron chi connectivity index (χ3n) is 2.59. The first-order valence-electron chi connectivity index (χ1n) is 5.60. The molecule has 3 rings (SSSR count). The van der Waals surface area contributed by atoms with Crippen LogP contribution in [0.5, 0.6) is 5.75 Å². The Morgan fingerprint density at radius 2 is 1.90 bits per heavy atom. The number of hydrogen-bond donors (Lipinski definition) is 0. The Bertz CT molecular complexity index is 869. The smallest absolute Gasteiger partial charge is 0.348 e. The summed E-state index contributed by atoms with van der Waals surface area (Å²) in [6, 6.07) is 11.7. The minimum atomic E-state index is -3.89. The Balaban J connectivity index is 2.05. The van der Waals surface area contributed by atoms with Crippen molar-refractivity contribution < 1.29 is 12.6 Å². The van der Waals surface area contributed by atoms with Gasteiger partial charge >= 0.3 is 10.1 Å². The largest absolute Gasteiger partial charge is 0.376 e. The second kappa shape index (κ2) is 5.05. The summed E-state index contributed by atoms with van der Waals surface area (Å²) in [5, 5.41) is 0.810. The summed E-state index contributed by atoms with van der Waals surface area (Å²) in [4.78, 5) is 4.15. The van der Waals surface area contributed by atoms with Crippen molar-refractivity contribution in [2.75, 3.05) is 0 Å². The van der Waals surface area contributed by atoms with Gasteiger partial charge in [-0.2, -0.15) is 8.42 Å². The van der Waals surface area contributed by atoms with E-state index in [0.717, 1.165) is 16.7 Å². The highest BCUT2D eigenvalue weighted by atomic mass is 35.5. The second-order valence-electron chi connectivity index (χ2n) is 3.93. The third kappa shape index (κ3) is 2.49. The molecule has 0 unspecified atom stereocenters. The molecule has 2 aromatic heterocycles. The highest BCUT2D eigenvalue weighted by molar-refractivity contribution is 7.89. The van der Waals surface area contributed by atoms with Gasteiger partial charge in [0.15, 0.2) is 9.96 Å². The van der Waals surface area contributed by atoms with Crippen molar-refractivity contribution in [3.63, 3.8) is 0 Å². The van der Waals surface area contributed by atoms with Crippen LogP contribution in [0.1, 0.15) is 0 Å². The number of rotatable bonds is 3. The SMILES string of the molecule is O=S(=O)(Oc1cccc2cccnc12)c1ccc(Cl)s1. The van der Waals surface area contributed by atoms with Crippen molar-refractivity contribution in [2.24, 2.45) is 0 Å². The molecule has 0 amide bonds. The van der Waals surface area contributed by atoms with Crippen molar-refractivity contribution in [1.29, 1.82) is 0 Å². The lowest BCUT2D eigenvalue weighted by Crippen LogP contribution is -2.08. The lowest BCUT2D eigenvalue weighted by molar-refractivity contribution is 0.490. The standard InChI is InChI=1S/C13H8ClNO3S2/c14-11-6-7-12(19-11)20(16,17)18-10-5-1-3-9-4-2-8-15-13(9)10/h1-8H. The number of halogens is 1. The Kier molecular flexibility index (Phi) is 3.37. The highest BCUT2D eigenvalue weighted by Gasteiger charge is 2.20. The molecule has 102 valence electrons. The van der Waals surface area contributed by atoms with Crippen LogP contribution in [0.25, 0.3) is 10.9 Å². The zero-order chi connectivity index (χ0) is 14.2. The van der Waals surface area contributed by atoms with Gasteiger partial charge in [-0.05, 0) is 24.3 Å². The van der Waals surface area contributed by atoms with Gasteiger partial charge in [-0.15, -0.1) is 11.3 Å². The molecule has 0 bridgehead atoms. The lowest BCUT2D eigenvalue weighted by Gasteiger charge is -2.07. The number of benzene rings is 1. The molecule has 2 heterocycles. The normalized spacial score (nSPS) is 11.7. The number of fused-ring (bicyclic) bond motifs is 1. The summed E-state index contributed by atoms with van der Waals surface area (Å²) in [7, 11) is -3.89. The molecule has 4 nitrogen and oxygen atoms in total. The molecule has 7 heteroatoms. The quantitative estimate of drug-likeness (QED) is 0.689. The maximum absolute atomic E-state index is 12.2. The van der Waals surface area contributed by atoms with Gasteiger partial charge in [0.1, 0.15) is 5.52 Å². The first kappa shape index (κ1) is 13.4. The highest BCUT2D eigenvalue weighted by Crippen LogP contribution is 2.30. The second-order valence-corrected chi connectivity index (χ2v) is 7.42. The van der Waals surface area contributed by atoms with Crippen LogP contribution in [0.2, 0.25) is 4.34 Å². The molecule has 0 spiro atoms. The van der Waals surface area contributed by atoms with Gasteiger partial charge in [-0.25, -0.2) is 0 Å². The van der Waals surface area contributed by atoms with E-state index in [0.29, 0.717) is 9.85 Å². The van der Waals surface area contributed by atoms with E-state index in [9.17, 15) is 8.42 Å². The van der Waals surface area contributed by atoms with E-state index in [1.54, 1.807) is 24.4 Å². The first-order chi connectivity index (χ1) is 9.56. The van der Waals surface area contributed by atoms with Crippen LogP contribution >= 0.6 is 22.9 Å². The van der Waals surface area contributed by atoms with E-state index >= 15 is 0 Å². The van der Waals surface area contributed by atoms with Crippen LogP contribution in [0.3, 0.4) is 0 Å². The van der Waals surface area contributed by atoms with Crippen LogP contribution < -0.4 is 4.18 Å². The summed E-state index contributed by atoms with van der Waals surface area (Å²) in [6.45, 7) is 0. The lowest BCUT2D eigenvalue weighted by atomic mass is 10.2. The zero-order valence-corrected chi connectivity index (χ0v) is 12.4. The molecule has 0 atom stereocenters. The average Bonchev–Trinajstić information content (AvgIpc) is 2.86. The Morgan fingerprint density at radius 3 is 2.65 bits per heavy atom. The summed E-state index contributed by atoms with van der Waals surface area (Å²) in [5.41, 5.74) is 0.501. The summed E-state index contributed by atoms with van der Waals surface area (Å²) in [5.74, 6) is 0.202. The van der Waals surface area contributed by atoms with Crippen molar-refractivity contribution in [3.8, 4) is 5.75 Å². The van der Waals surface area contributed by atoms with E-state index < -0.39 is 10.1 Å². The van der Waals surface area contributed by atoms with Gasteiger partial charge in [0.05, 0.1) is 4.34 Å². The molecular formula is C13H8ClNO3S2. The number of hydrogen-bond acceptors (Lipinski definition) is 5. The van der Waals surface area contributed by atoms with Crippen LogP contribution in [-0.4, -0.2) is 13.4 Å². The minimum absolute atomic E-state index is 0.0652. The molecule has 0 aliphatic heterocycles. The van der Waals surface area contributed by atoms with Gasteiger partial charge in [0.2, 0.25) is 0 Å². The molecule has 0 aliphatic rings. The molecular weight excluding hydrogens is 318 g/mol. The fraction of sp³-hybridized carbons (Fsp3) is 0. The van der Waals surface area contributed by atoms with Gasteiger partial charge in [0.25, 0.3) is 0 Å². The zero-order valence-electron chi connectivity index (χ0n) is 9.99. The van der Waals surface area contributed by atoms with E-state index in [2.05, 4.69) is 4.98 Å². The fourth-order valence-electron chi connectivity index (χ4n) is 1.73. The number of para-hydroxylation sites is 1. The van der Waals surface area contributed by atoms with E-state index in [4.69, 9.17) is 15.8 Å². The first-order valence-corrected chi connectivity index (χ1v) is 8.20. The summed E-state index contributed by atoms with van der Waals surface area (Å²) >= 11 is 6.70. The summed E-state index contributed by atoms with van der Waals surface area (Å²) < 4.78 is 30.0. The Labute approximate surface area is 124 Å². The number of nitrogens with zero attached hydrogens (tertiary/aromatic N) is 1. The van der Waals surface area contributed by atoms with Gasteiger partial charge in [-0.1, -0.05) is 29.8 Å². The van der Waals surface area contributed by atoms with Crippen LogP contribution in [0.4, 0.5) is 0 Å². The van der Waals surface area contributed by atoms with Crippen LogP contribution in [-0.2, 0) is 10.1 Å². The molecule has 0 saturated heterocycles. The number of aromatic nitrogens is 1. The van der Waals surface area contributed by atoms with E-state index in [1.807, 2.05) is 12.1 Å². The maximum atomic E-state index is 12.2. The van der Waals surface area contributed by atoms with Crippen LogP contribution in [0, 0.1) is 0 Å². The van der Waals surface area contributed by atoms with Crippen LogP contribution in [0.15, 0.2) is 52.9 Å². The molecule has 0 fully saturated rings. The molecule has 0 saturated carbocycles. The maximum Gasteiger partial charge on any atom is 0.348 e. The number of thiophene rings is 1. The van der Waals surface area contributed by atoms with E-state index in [1.165, 1.54) is 12.1 Å². The third-order valence-corrected chi connectivity index (χ3v) is 5.51. The minimum Gasteiger partial charge on any atom is -0.376 e. The van der Waals surface area contributed by atoms with Crippen molar-refractivity contribution in [1.82, 2.24) is 4.98 Å². The topological polar surface area (TPSA) is 56.3 Å². The Morgan fingerprint density at radius 1 is 1.10 bits per heavy atom. The van der Waals surface area contributed by atoms with E-state index in [-0.39, 0.29) is 9.96 Å². The molecule has 20 heavy (non-hydrogen) atoms. The predicted molar refractivity (Wildman–Crippen MR) is 78.9 cm³/mol. The van der Waals surface area contributed by atoms with Gasteiger partial charge in [-0.3, -0.25) is 4.98 Å². The van der Waals surface area contributed by atoms with Gasteiger partial charge < -0.3 is 4.18 Å². The molecule has 0 N–H and O–H groups in total. The predicted octanol–water partition coefficient (Wildman–Crippen LogP) is 3.72.